The van der Waals surface area contributed by atoms with Crippen molar-refractivity contribution in [1.29, 1.82) is 0 Å². The number of ether oxygens (including phenoxy) is 2. The summed E-state index contributed by atoms with van der Waals surface area (Å²) in [6.07, 6.45) is 4.62. The van der Waals surface area contributed by atoms with Gasteiger partial charge in [0.1, 0.15) is 29.3 Å². The first-order valence-corrected chi connectivity index (χ1v) is 10.9. The van der Waals surface area contributed by atoms with Gasteiger partial charge in [0.25, 0.3) is 0 Å². The molecule has 4 aromatic rings. The van der Waals surface area contributed by atoms with Crippen molar-refractivity contribution in [2.75, 3.05) is 18.5 Å². The van der Waals surface area contributed by atoms with E-state index in [0.29, 0.717) is 40.3 Å². The van der Waals surface area contributed by atoms with E-state index in [1.165, 1.54) is 6.33 Å². The van der Waals surface area contributed by atoms with Gasteiger partial charge in [-0.3, -0.25) is 4.79 Å². The van der Waals surface area contributed by atoms with Gasteiger partial charge in [0, 0.05) is 11.8 Å². The first kappa shape index (κ1) is 21.1. The molecule has 3 heterocycles. The summed E-state index contributed by atoms with van der Waals surface area (Å²) >= 11 is 0. The zero-order valence-corrected chi connectivity index (χ0v) is 17.9. The maximum Gasteiger partial charge on any atom is 0.195 e. The van der Waals surface area contributed by atoms with Crippen molar-refractivity contribution in [3.8, 4) is 11.5 Å². The Balaban J connectivity index is 1.36. The number of benzene rings is 2. The molecule has 2 aromatic carbocycles. The van der Waals surface area contributed by atoms with Gasteiger partial charge in [0.15, 0.2) is 5.78 Å². The topological polar surface area (TPSA) is 109 Å². The molecule has 0 aliphatic carbocycles. The standard InChI is InChI=1S/C25H24N4O4/c30-13-20-11-8-17(14-32-20)29-25-22-21(12-26-24(22)27-15-28-25)23(31)16-6-9-19(10-7-16)33-18-4-2-1-3-5-18/h1-7,9-10,12,15,17,20,30H,8,11,13-14H2,(H2,26,27,28,29)/t17-,20-/m0/s1. The number of carbonyl (C=O) groups excluding carboxylic acids is 1. The predicted octanol–water partition coefficient (Wildman–Crippen LogP) is 3.93. The average Bonchev–Trinajstić information content (AvgIpc) is 3.30. The highest BCUT2D eigenvalue weighted by Crippen LogP contribution is 2.28. The zero-order valence-electron chi connectivity index (χ0n) is 17.9. The highest BCUT2D eigenvalue weighted by Gasteiger charge is 2.24. The minimum Gasteiger partial charge on any atom is -0.457 e. The fourth-order valence-corrected chi connectivity index (χ4v) is 3.96. The minimum atomic E-state index is -0.134. The maximum atomic E-state index is 13.3. The number of H-pyrrole nitrogens is 1. The van der Waals surface area contributed by atoms with Crippen molar-refractivity contribution in [2.24, 2.45) is 0 Å². The van der Waals surface area contributed by atoms with Crippen molar-refractivity contribution < 1.29 is 19.4 Å². The number of carbonyl (C=O) groups is 1. The van der Waals surface area contributed by atoms with E-state index in [4.69, 9.17) is 9.47 Å². The van der Waals surface area contributed by atoms with E-state index >= 15 is 0 Å². The molecule has 0 unspecified atom stereocenters. The lowest BCUT2D eigenvalue weighted by molar-refractivity contribution is -0.0224. The number of nitrogens with zero attached hydrogens (tertiary/aromatic N) is 2. The summed E-state index contributed by atoms with van der Waals surface area (Å²) in [5.41, 5.74) is 1.62. The molecule has 8 nitrogen and oxygen atoms in total. The summed E-state index contributed by atoms with van der Waals surface area (Å²) in [5, 5.41) is 13.3. The third-order valence-corrected chi connectivity index (χ3v) is 5.72. The minimum absolute atomic E-state index is 0.0239. The second-order valence-corrected chi connectivity index (χ2v) is 7.97. The zero-order chi connectivity index (χ0) is 22.6. The Bertz CT molecular complexity index is 1230. The lowest BCUT2D eigenvalue weighted by Crippen LogP contribution is -2.36. The fourth-order valence-electron chi connectivity index (χ4n) is 3.96. The van der Waals surface area contributed by atoms with Crippen molar-refractivity contribution in [1.82, 2.24) is 15.0 Å². The summed E-state index contributed by atoms with van der Waals surface area (Å²) in [7, 11) is 0. The molecule has 1 aliphatic rings. The van der Waals surface area contributed by atoms with E-state index in [9.17, 15) is 9.90 Å². The van der Waals surface area contributed by atoms with Crippen molar-refractivity contribution in [3.63, 3.8) is 0 Å². The molecular weight excluding hydrogens is 420 g/mol. The lowest BCUT2D eigenvalue weighted by atomic mass is 10.0. The van der Waals surface area contributed by atoms with Gasteiger partial charge in [-0.2, -0.15) is 0 Å². The Hall–Kier alpha value is -3.75. The van der Waals surface area contributed by atoms with Crippen LogP contribution in [0.3, 0.4) is 0 Å². The third-order valence-electron chi connectivity index (χ3n) is 5.72. The van der Waals surface area contributed by atoms with E-state index in [0.717, 1.165) is 18.6 Å². The summed E-state index contributed by atoms with van der Waals surface area (Å²) in [6.45, 7) is 0.489. The second kappa shape index (κ2) is 9.40. The number of aromatic amines is 1. The summed E-state index contributed by atoms with van der Waals surface area (Å²) in [4.78, 5) is 25.1. The molecule has 33 heavy (non-hydrogen) atoms. The fraction of sp³-hybridized carbons (Fsp3) is 0.240. The van der Waals surface area contributed by atoms with Gasteiger partial charge in [-0.25, -0.2) is 9.97 Å². The van der Waals surface area contributed by atoms with Crippen LogP contribution in [0.15, 0.2) is 67.1 Å². The molecule has 3 N–H and O–H groups in total. The molecule has 168 valence electrons. The van der Waals surface area contributed by atoms with Crippen molar-refractivity contribution in [3.05, 3.63) is 78.2 Å². The second-order valence-electron chi connectivity index (χ2n) is 7.97. The number of aromatic nitrogens is 3. The van der Waals surface area contributed by atoms with Gasteiger partial charge in [-0.05, 0) is 49.2 Å². The number of nitrogens with one attached hydrogen (secondary N) is 2. The SMILES string of the molecule is O=C(c1ccc(Oc2ccccc2)cc1)c1c[nH]c2ncnc(N[C@H]3CC[C@@H](CO)OC3)c12. The summed E-state index contributed by atoms with van der Waals surface area (Å²) in [6, 6.07) is 16.6. The summed E-state index contributed by atoms with van der Waals surface area (Å²) < 4.78 is 11.5. The molecule has 1 aliphatic heterocycles. The van der Waals surface area contributed by atoms with Crippen LogP contribution >= 0.6 is 0 Å². The Morgan fingerprint density at radius 2 is 1.88 bits per heavy atom. The number of ketones is 1. The number of aliphatic hydroxyl groups excluding tert-OH is 1. The number of hydrogen-bond acceptors (Lipinski definition) is 7. The van der Waals surface area contributed by atoms with Crippen LogP contribution in [0.25, 0.3) is 11.0 Å². The molecule has 1 fully saturated rings. The molecule has 0 bridgehead atoms. The highest BCUT2D eigenvalue weighted by molar-refractivity contribution is 6.18. The third kappa shape index (κ3) is 4.57. The van der Waals surface area contributed by atoms with Crippen LogP contribution in [-0.4, -0.2) is 51.2 Å². The van der Waals surface area contributed by atoms with Gasteiger partial charge in [0.2, 0.25) is 0 Å². The highest BCUT2D eigenvalue weighted by atomic mass is 16.5. The molecular formula is C25H24N4O4. The molecule has 0 amide bonds. The van der Waals surface area contributed by atoms with Crippen LogP contribution < -0.4 is 10.1 Å². The van der Waals surface area contributed by atoms with Crippen molar-refractivity contribution in [2.45, 2.75) is 25.0 Å². The van der Waals surface area contributed by atoms with Gasteiger partial charge < -0.3 is 24.9 Å². The van der Waals surface area contributed by atoms with E-state index < -0.39 is 0 Å². The van der Waals surface area contributed by atoms with Crippen LogP contribution in [0.5, 0.6) is 11.5 Å². The normalized spacial score (nSPS) is 18.2. The monoisotopic (exact) mass is 444 g/mol. The van der Waals surface area contributed by atoms with E-state index in [2.05, 4.69) is 20.3 Å². The Morgan fingerprint density at radius 3 is 2.61 bits per heavy atom. The molecule has 1 saturated heterocycles. The number of para-hydroxylation sites is 1. The van der Waals surface area contributed by atoms with E-state index in [-0.39, 0.29) is 24.5 Å². The van der Waals surface area contributed by atoms with E-state index in [1.807, 2.05) is 30.3 Å². The number of aliphatic hydroxyl groups is 1. The molecule has 2 atom stereocenters. The predicted molar refractivity (Wildman–Crippen MR) is 124 cm³/mol. The maximum absolute atomic E-state index is 13.3. The van der Waals surface area contributed by atoms with Crippen LogP contribution in [0.4, 0.5) is 5.82 Å². The lowest BCUT2D eigenvalue weighted by Gasteiger charge is -2.29. The molecule has 5 rings (SSSR count). The molecule has 0 spiro atoms. The van der Waals surface area contributed by atoms with Gasteiger partial charge in [0.05, 0.1) is 36.3 Å². The van der Waals surface area contributed by atoms with Crippen molar-refractivity contribution >= 4 is 22.6 Å². The number of hydrogen-bond donors (Lipinski definition) is 3. The molecule has 2 aromatic heterocycles. The average molecular weight is 444 g/mol. The largest absolute Gasteiger partial charge is 0.457 e. The van der Waals surface area contributed by atoms with Crippen LogP contribution in [-0.2, 0) is 4.74 Å². The number of fused-ring (bicyclic) bond motifs is 1. The molecule has 8 heteroatoms. The Kier molecular flexibility index (Phi) is 6.01. The number of rotatable bonds is 7. The quantitative estimate of drug-likeness (QED) is 0.371. The molecule has 0 radical (unpaired) electrons. The van der Waals surface area contributed by atoms with Gasteiger partial charge in [-0.1, -0.05) is 18.2 Å². The van der Waals surface area contributed by atoms with Gasteiger partial charge >= 0.3 is 0 Å². The first-order valence-electron chi connectivity index (χ1n) is 10.9. The summed E-state index contributed by atoms with van der Waals surface area (Å²) in [5.74, 6) is 1.84. The molecule has 0 saturated carbocycles. The van der Waals surface area contributed by atoms with Crippen LogP contribution in [0.2, 0.25) is 0 Å². The smallest absolute Gasteiger partial charge is 0.195 e. The van der Waals surface area contributed by atoms with Crippen LogP contribution in [0, 0.1) is 0 Å². The Labute approximate surface area is 190 Å². The van der Waals surface area contributed by atoms with E-state index in [1.54, 1.807) is 30.5 Å². The Morgan fingerprint density at radius 1 is 1.09 bits per heavy atom. The van der Waals surface area contributed by atoms with Crippen LogP contribution in [0.1, 0.15) is 28.8 Å². The number of anilines is 1. The van der Waals surface area contributed by atoms with Gasteiger partial charge in [-0.15, -0.1) is 0 Å². The first-order chi connectivity index (χ1) is 16.2.